The monoisotopic (exact) mass is 205 g/mol. The Labute approximate surface area is 91.3 Å². The fourth-order valence-electron chi connectivity index (χ4n) is 2.08. The number of nitrogens with zero attached hydrogens (tertiary/aromatic N) is 1. The molecular formula is C12H19N3. The molecule has 1 aliphatic heterocycles. The highest BCUT2D eigenvalue weighted by Crippen LogP contribution is 2.23. The quantitative estimate of drug-likeness (QED) is 0.749. The summed E-state index contributed by atoms with van der Waals surface area (Å²) in [6.45, 7) is 1.93. The molecule has 0 bridgehead atoms. The summed E-state index contributed by atoms with van der Waals surface area (Å²) in [5, 5.41) is 3.32. The third kappa shape index (κ3) is 2.13. The van der Waals surface area contributed by atoms with E-state index in [4.69, 9.17) is 5.73 Å². The van der Waals surface area contributed by atoms with Crippen molar-refractivity contribution >= 4 is 5.69 Å². The average molecular weight is 205 g/mol. The molecule has 0 unspecified atom stereocenters. The molecule has 3 nitrogen and oxygen atoms in total. The second-order valence-electron chi connectivity index (χ2n) is 4.41. The second-order valence-corrected chi connectivity index (χ2v) is 4.41. The summed E-state index contributed by atoms with van der Waals surface area (Å²) in [6, 6.07) is 8.94. The minimum Gasteiger partial charge on any atom is -0.378 e. The van der Waals surface area contributed by atoms with Crippen LogP contribution < -0.4 is 16.0 Å². The maximum atomic E-state index is 6.04. The summed E-state index contributed by atoms with van der Waals surface area (Å²) in [7, 11) is 4.11. The van der Waals surface area contributed by atoms with Gasteiger partial charge < -0.3 is 16.0 Å². The van der Waals surface area contributed by atoms with Crippen molar-refractivity contribution in [1.29, 1.82) is 0 Å². The zero-order chi connectivity index (χ0) is 10.8. The Hall–Kier alpha value is -1.06. The van der Waals surface area contributed by atoms with E-state index in [-0.39, 0.29) is 6.04 Å². The van der Waals surface area contributed by atoms with Gasteiger partial charge in [-0.25, -0.2) is 0 Å². The molecule has 15 heavy (non-hydrogen) atoms. The predicted molar refractivity (Wildman–Crippen MR) is 64.4 cm³/mol. The van der Waals surface area contributed by atoms with Gasteiger partial charge in [0.1, 0.15) is 0 Å². The molecule has 0 spiro atoms. The van der Waals surface area contributed by atoms with E-state index in [1.165, 1.54) is 11.3 Å². The fraction of sp³-hybridized carbons (Fsp3) is 0.500. The van der Waals surface area contributed by atoms with Gasteiger partial charge in [-0.3, -0.25) is 0 Å². The average Bonchev–Trinajstić information content (AvgIpc) is 2.65. The van der Waals surface area contributed by atoms with E-state index in [0.717, 1.165) is 13.1 Å². The zero-order valence-electron chi connectivity index (χ0n) is 9.40. The number of hydrogen-bond donors (Lipinski definition) is 2. The number of hydrogen-bond acceptors (Lipinski definition) is 3. The van der Waals surface area contributed by atoms with Crippen molar-refractivity contribution in [1.82, 2.24) is 5.32 Å². The highest BCUT2D eigenvalue weighted by molar-refractivity contribution is 5.46. The topological polar surface area (TPSA) is 41.3 Å². The Kier molecular flexibility index (Phi) is 2.93. The van der Waals surface area contributed by atoms with Gasteiger partial charge in [-0.05, 0) is 17.7 Å². The van der Waals surface area contributed by atoms with Gasteiger partial charge in [0.05, 0.1) is 0 Å². The zero-order valence-corrected chi connectivity index (χ0v) is 9.40. The molecule has 0 amide bonds. The van der Waals surface area contributed by atoms with Crippen LogP contribution in [0.2, 0.25) is 0 Å². The molecule has 1 saturated heterocycles. The Morgan fingerprint density at radius 2 is 1.87 bits per heavy atom. The van der Waals surface area contributed by atoms with Crippen molar-refractivity contribution in [2.45, 2.75) is 12.0 Å². The molecule has 0 aliphatic carbocycles. The van der Waals surface area contributed by atoms with Crippen LogP contribution in [-0.2, 0) is 0 Å². The van der Waals surface area contributed by atoms with E-state index in [0.29, 0.717) is 5.92 Å². The number of nitrogens with two attached hydrogens (primary N) is 1. The SMILES string of the molecule is CN(C)c1ccc([C@@H]2CNC[C@@H]2N)cc1. The van der Waals surface area contributed by atoms with Crippen LogP contribution in [0.15, 0.2) is 24.3 Å². The molecule has 2 atom stereocenters. The highest BCUT2D eigenvalue weighted by atomic mass is 15.1. The first-order valence-electron chi connectivity index (χ1n) is 5.42. The lowest BCUT2D eigenvalue weighted by molar-refractivity contribution is 0.653. The summed E-state index contributed by atoms with van der Waals surface area (Å²) in [5.41, 5.74) is 8.62. The van der Waals surface area contributed by atoms with Crippen molar-refractivity contribution in [3.8, 4) is 0 Å². The normalized spacial score (nSPS) is 25.5. The van der Waals surface area contributed by atoms with Crippen LogP contribution in [-0.4, -0.2) is 33.2 Å². The minimum absolute atomic E-state index is 0.259. The van der Waals surface area contributed by atoms with E-state index in [1.807, 2.05) is 0 Å². The molecule has 82 valence electrons. The molecular weight excluding hydrogens is 186 g/mol. The lowest BCUT2D eigenvalue weighted by atomic mass is 9.95. The van der Waals surface area contributed by atoms with E-state index >= 15 is 0 Å². The Morgan fingerprint density at radius 3 is 2.33 bits per heavy atom. The van der Waals surface area contributed by atoms with Gasteiger partial charge in [-0.15, -0.1) is 0 Å². The first-order valence-corrected chi connectivity index (χ1v) is 5.42. The third-order valence-electron chi connectivity index (χ3n) is 3.10. The summed E-state index contributed by atoms with van der Waals surface area (Å²) in [6.07, 6.45) is 0. The molecule has 3 heteroatoms. The summed E-state index contributed by atoms with van der Waals surface area (Å²) < 4.78 is 0. The Bertz CT molecular complexity index is 318. The van der Waals surface area contributed by atoms with Crippen molar-refractivity contribution in [3.63, 3.8) is 0 Å². The number of nitrogens with one attached hydrogen (secondary N) is 1. The van der Waals surface area contributed by atoms with Gasteiger partial charge in [0.2, 0.25) is 0 Å². The van der Waals surface area contributed by atoms with Gasteiger partial charge in [-0.2, -0.15) is 0 Å². The van der Waals surface area contributed by atoms with Gasteiger partial charge in [-0.1, -0.05) is 12.1 Å². The lowest BCUT2D eigenvalue weighted by Crippen LogP contribution is -2.27. The van der Waals surface area contributed by atoms with Crippen LogP contribution in [0.3, 0.4) is 0 Å². The molecule has 1 fully saturated rings. The van der Waals surface area contributed by atoms with E-state index in [9.17, 15) is 0 Å². The molecule has 1 aromatic carbocycles. The fourth-order valence-corrected chi connectivity index (χ4v) is 2.08. The van der Waals surface area contributed by atoms with E-state index in [2.05, 4.69) is 48.6 Å². The Balaban J connectivity index is 2.16. The first-order chi connectivity index (χ1) is 7.18. The van der Waals surface area contributed by atoms with E-state index < -0.39 is 0 Å². The van der Waals surface area contributed by atoms with Crippen LogP contribution in [0.1, 0.15) is 11.5 Å². The molecule has 0 radical (unpaired) electrons. The summed E-state index contributed by atoms with van der Waals surface area (Å²) >= 11 is 0. The van der Waals surface area contributed by atoms with Crippen LogP contribution in [0, 0.1) is 0 Å². The number of rotatable bonds is 2. The van der Waals surface area contributed by atoms with Gasteiger partial charge in [0, 0.05) is 44.8 Å². The van der Waals surface area contributed by atoms with Crippen molar-refractivity contribution in [2.75, 3.05) is 32.1 Å². The first kappa shape index (κ1) is 10.5. The van der Waals surface area contributed by atoms with Crippen LogP contribution >= 0.6 is 0 Å². The van der Waals surface area contributed by atoms with Gasteiger partial charge in [0.15, 0.2) is 0 Å². The maximum absolute atomic E-state index is 6.04. The smallest absolute Gasteiger partial charge is 0.0361 e. The molecule has 2 rings (SSSR count). The summed E-state index contributed by atoms with van der Waals surface area (Å²) in [4.78, 5) is 2.11. The number of benzene rings is 1. The molecule has 0 aromatic heterocycles. The molecule has 1 heterocycles. The maximum Gasteiger partial charge on any atom is 0.0361 e. The minimum atomic E-state index is 0.259. The van der Waals surface area contributed by atoms with E-state index in [1.54, 1.807) is 0 Å². The second kappa shape index (κ2) is 4.21. The standard InChI is InChI=1S/C12H19N3/c1-15(2)10-5-3-9(4-6-10)11-7-14-8-12(11)13/h3-6,11-12,14H,7-8,13H2,1-2H3/t11-,12-/m0/s1. The highest BCUT2D eigenvalue weighted by Gasteiger charge is 2.24. The van der Waals surface area contributed by atoms with Gasteiger partial charge >= 0.3 is 0 Å². The van der Waals surface area contributed by atoms with Gasteiger partial charge in [0.25, 0.3) is 0 Å². The van der Waals surface area contributed by atoms with Crippen molar-refractivity contribution in [2.24, 2.45) is 5.73 Å². The summed E-state index contributed by atoms with van der Waals surface area (Å²) in [5.74, 6) is 0.473. The number of anilines is 1. The van der Waals surface area contributed by atoms with Crippen LogP contribution in [0.5, 0.6) is 0 Å². The lowest BCUT2D eigenvalue weighted by Gasteiger charge is -2.17. The van der Waals surface area contributed by atoms with Crippen molar-refractivity contribution in [3.05, 3.63) is 29.8 Å². The molecule has 1 aromatic rings. The molecule has 3 N–H and O–H groups in total. The van der Waals surface area contributed by atoms with Crippen LogP contribution in [0.4, 0.5) is 5.69 Å². The molecule has 0 saturated carbocycles. The molecule has 1 aliphatic rings. The third-order valence-corrected chi connectivity index (χ3v) is 3.10. The largest absolute Gasteiger partial charge is 0.378 e. The van der Waals surface area contributed by atoms with Crippen molar-refractivity contribution < 1.29 is 0 Å². The Morgan fingerprint density at radius 1 is 1.20 bits per heavy atom. The van der Waals surface area contributed by atoms with Crippen LogP contribution in [0.25, 0.3) is 0 Å². The predicted octanol–water partition coefficient (Wildman–Crippen LogP) is 0.767.